The fourth-order valence-electron chi connectivity index (χ4n) is 4.05. The third-order valence-corrected chi connectivity index (χ3v) is 5.01. The zero-order chi connectivity index (χ0) is 15.8. The number of aliphatic hydroxyl groups is 1. The quantitative estimate of drug-likeness (QED) is 0.936. The minimum atomic E-state index is -0.824. The molecule has 3 rings (SSSR count). The van der Waals surface area contributed by atoms with Gasteiger partial charge in [0.05, 0.1) is 0 Å². The van der Waals surface area contributed by atoms with Crippen molar-refractivity contribution >= 4 is 0 Å². The Kier molecular flexibility index (Phi) is 3.84. The highest BCUT2D eigenvalue weighted by atomic mass is 16.3. The normalized spacial score (nSPS) is 27.1. The van der Waals surface area contributed by atoms with Gasteiger partial charge in [0, 0.05) is 18.4 Å². The van der Waals surface area contributed by atoms with Gasteiger partial charge in [-0.05, 0) is 37.2 Å². The van der Waals surface area contributed by atoms with Gasteiger partial charge in [-0.25, -0.2) is 0 Å². The summed E-state index contributed by atoms with van der Waals surface area (Å²) < 4.78 is 0. The molecule has 0 bridgehead atoms. The van der Waals surface area contributed by atoms with E-state index < -0.39 is 5.60 Å². The predicted octanol–water partition coefficient (Wildman–Crippen LogP) is 3.24. The van der Waals surface area contributed by atoms with E-state index in [9.17, 15) is 5.11 Å². The summed E-state index contributed by atoms with van der Waals surface area (Å²) in [5.74, 6) is 0. The maximum Gasteiger partial charge on any atom is 0.101 e. The van der Waals surface area contributed by atoms with Gasteiger partial charge in [-0.1, -0.05) is 61.5 Å². The number of hydrogen-bond donors (Lipinski definition) is 1. The number of rotatable bonds is 4. The van der Waals surface area contributed by atoms with Crippen LogP contribution in [0.2, 0.25) is 0 Å². The van der Waals surface area contributed by atoms with Crippen LogP contribution < -0.4 is 0 Å². The van der Waals surface area contributed by atoms with Crippen LogP contribution in [-0.2, 0) is 18.4 Å². The maximum absolute atomic E-state index is 11.7. The van der Waals surface area contributed by atoms with Crippen LogP contribution in [0.1, 0.15) is 23.6 Å². The molecule has 2 aromatic carbocycles. The zero-order valence-corrected chi connectivity index (χ0v) is 13.7. The molecule has 1 N–H and O–H groups in total. The Hall–Kier alpha value is -1.64. The van der Waals surface area contributed by atoms with Gasteiger partial charge in [-0.3, -0.25) is 0 Å². The maximum atomic E-state index is 11.7. The van der Waals surface area contributed by atoms with E-state index in [-0.39, 0.29) is 5.41 Å². The molecule has 1 aliphatic rings. The summed E-state index contributed by atoms with van der Waals surface area (Å²) in [6, 6.07) is 18.7. The van der Waals surface area contributed by atoms with E-state index in [1.807, 2.05) is 24.3 Å². The Bertz CT molecular complexity index is 652. The number of benzene rings is 2. The summed E-state index contributed by atoms with van der Waals surface area (Å²) in [6.07, 6.45) is 1.58. The van der Waals surface area contributed by atoms with Gasteiger partial charge in [-0.15, -0.1) is 0 Å². The second-order valence-corrected chi connectivity index (χ2v) is 7.16. The van der Waals surface area contributed by atoms with E-state index in [4.69, 9.17) is 0 Å². The van der Waals surface area contributed by atoms with Gasteiger partial charge in [0.1, 0.15) is 5.60 Å². The average molecular weight is 295 g/mol. The van der Waals surface area contributed by atoms with E-state index in [0.717, 1.165) is 18.5 Å². The molecule has 2 heteroatoms. The Morgan fingerprint density at radius 2 is 1.64 bits per heavy atom. The highest BCUT2D eigenvalue weighted by Gasteiger charge is 2.53. The molecule has 0 heterocycles. The van der Waals surface area contributed by atoms with Crippen molar-refractivity contribution in [3.63, 3.8) is 0 Å². The third kappa shape index (κ3) is 2.47. The Balaban J connectivity index is 2.06. The standard InChI is InChI=1S/C20H25NO/c1-19(15-21(2)3)14-17-11-7-8-12-18(17)20(19,22)13-16-9-5-4-6-10-16/h4-12,22H,13-15H2,1-3H3/t19-,20-/m1/s1. The summed E-state index contributed by atoms with van der Waals surface area (Å²) in [5.41, 5.74) is 2.56. The van der Waals surface area contributed by atoms with Crippen LogP contribution in [0.25, 0.3) is 0 Å². The molecule has 0 aromatic heterocycles. The lowest BCUT2D eigenvalue weighted by molar-refractivity contribution is -0.0787. The Morgan fingerprint density at radius 1 is 1.00 bits per heavy atom. The molecule has 0 spiro atoms. The number of fused-ring (bicyclic) bond motifs is 1. The van der Waals surface area contributed by atoms with Crippen molar-refractivity contribution in [2.24, 2.45) is 5.41 Å². The van der Waals surface area contributed by atoms with Crippen molar-refractivity contribution in [1.82, 2.24) is 4.90 Å². The van der Waals surface area contributed by atoms with Gasteiger partial charge in [0.15, 0.2) is 0 Å². The minimum absolute atomic E-state index is 0.184. The molecule has 0 saturated heterocycles. The molecule has 2 nitrogen and oxygen atoms in total. The smallest absolute Gasteiger partial charge is 0.101 e. The zero-order valence-electron chi connectivity index (χ0n) is 13.7. The van der Waals surface area contributed by atoms with E-state index in [1.54, 1.807) is 0 Å². The molecule has 22 heavy (non-hydrogen) atoms. The van der Waals surface area contributed by atoms with Gasteiger partial charge in [0.2, 0.25) is 0 Å². The lowest BCUT2D eigenvalue weighted by Gasteiger charge is -2.42. The molecule has 1 aliphatic carbocycles. The highest BCUT2D eigenvalue weighted by molar-refractivity contribution is 5.42. The fourth-order valence-corrected chi connectivity index (χ4v) is 4.05. The summed E-state index contributed by atoms with van der Waals surface area (Å²) in [5, 5.41) is 11.7. The first-order chi connectivity index (χ1) is 10.4. The first-order valence-electron chi connectivity index (χ1n) is 7.94. The Morgan fingerprint density at radius 3 is 2.32 bits per heavy atom. The predicted molar refractivity (Wildman–Crippen MR) is 90.8 cm³/mol. The van der Waals surface area contributed by atoms with Crippen molar-refractivity contribution in [2.75, 3.05) is 20.6 Å². The lowest BCUT2D eigenvalue weighted by Crippen LogP contribution is -2.48. The minimum Gasteiger partial charge on any atom is -0.384 e. The molecular formula is C20H25NO. The van der Waals surface area contributed by atoms with E-state index in [0.29, 0.717) is 6.42 Å². The molecule has 0 fully saturated rings. The van der Waals surface area contributed by atoms with E-state index >= 15 is 0 Å². The summed E-state index contributed by atoms with van der Waals surface area (Å²) in [6.45, 7) is 3.08. The van der Waals surface area contributed by atoms with Crippen LogP contribution in [-0.4, -0.2) is 30.6 Å². The average Bonchev–Trinajstić information content (AvgIpc) is 2.67. The second kappa shape index (κ2) is 5.53. The lowest BCUT2D eigenvalue weighted by atomic mass is 9.70. The van der Waals surface area contributed by atoms with Gasteiger partial charge >= 0.3 is 0 Å². The molecule has 0 saturated carbocycles. The summed E-state index contributed by atoms with van der Waals surface area (Å²) >= 11 is 0. The highest BCUT2D eigenvalue weighted by Crippen LogP contribution is 2.52. The number of nitrogens with zero attached hydrogens (tertiary/aromatic N) is 1. The molecule has 0 amide bonds. The van der Waals surface area contributed by atoms with Crippen LogP contribution in [0.4, 0.5) is 0 Å². The second-order valence-electron chi connectivity index (χ2n) is 7.16. The number of hydrogen-bond acceptors (Lipinski definition) is 2. The molecule has 2 atom stereocenters. The molecule has 0 radical (unpaired) electrons. The van der Waals surface area contributed by atoms with Crippen LogP contribution in [0, 0.1) is 5.41 Å². The topological polar surface area (TPSA) is 23.5 Å². The molecular weight excluding hydrogens is 270 g/mol. The summed E-state index contributed by atoms with van der Waals surface area (Å²) in [7, 11) is 4.16. The van der Waals surface area contributed by atoms with E-state index in [1.165, 1.54) is 11.1 Å². The fraction of sp³-hybridized carbons (Fsp3) is 0.400. The van der Waals surface area contributed by atoms with Crippen LogP contribution in [0.15, 0.2) is 54.6 Å². The SMILES string of the molecule is CN(C)C[C@@]1(C)Cc2ccccc2[C@]1(O)Cc1ccccc1. The van der Waals surface area contributed by atoms with Gasteiger partial charge in [-0.2, -0.15) is 0 Å². The molecule has 116 valence electrons. The van der Waals surface area contributed by atoms with Crippen LogP contribution in [0.3, 0.4) is 0 Å². The van der Waals surface area contributed by atoms with Crippen molar-refractivity contribution in [1.29, 1.82) is 0 Å². The third-order valence-electron chi connectivity index (χ3n) is 5.01. The first-order valence-corrected chi connectivity index (χ1v) is 7.94. The van der Waals surface area contributed by atoms with Crippen LogP contribution >= 0.6 is 0 Å². The van der Waals surface area contributed by atoms with Crippen molar-refractivity contribution in [3.8, 4) is 0 Å². The van der Waals surface area contributed by atoms with E-state index in [2.05, 4.69) is 56.3 Å². The van der Waals surface area contributed by atoms with Crippen molar-refractivity contribution in [3.05, 3.63) is 71.3 Å². The first kappa shape index (κ1) is 15.3. The largest absolute Gasteiger partial charge is 0.384 e. The van der Waals surface area contributed by atoms with Gasteiger partial charge < -0.3 is 10.0 Å². The summed E-state index contributed by atoms with van der Waals surface area (Å²) in [4.78, 5) is 2.18. The molecule has 2 aromatic rings. The van der Waals surface area contributed by atoms with Crippen molar-refractivity contribution < 1.29 is 5.11 Å². The molecule has 0 aliphatic heterocycles. The Labute approximate surface area is 133 Å². The molecule has 0 unspecified atom stereocenters. The van der Waals surface area contributed by atoms with Crippen LogP contribution in [0.5, 0.6) is 0 Å². The monoisotopic (exact) mass is 295 g/mol. The van der Waals surface area contributed by atoms with Gasteiger partial charge in [0.25, 0.3) is 0 Å². The van der Waals surface area contributed by atoms with Crippen molar-refractivity contribution in [2.45, 2.75) is 25.4 Å².